The predicted molar refractivity (Wildman–Crippen MR) is 67.9 cm³/mol. The molecule has 0 aliphatic carbocycles. The van der Waals surface area contributed by atoms with Crippen molar-refractivity contribution in [2.45, 2.75) is 27.2 Å². The van der Waals surface area contributed by atoms with Crippen molar-refractivity contribution in [2.24, 2.45) is 0 Å². The molecule has 0 unspecified atom stereocenters. The van der Waals surface area contributed by atoms with Gasteiger partial charge in [0.25, 0.3) is 0 Å². The number of aryl methyl sites for hydroxylation is 3. The first-order valence-electron chi connectivity index (χ1n) is 5.48. The summed E-state index contributed by atoms with van der Waals surface area (Å²) in [6.45, 7) is 8.42. The van der Waals surface area contributed by atoms with Crippen LogP contribution in [0.25, 0.3) is 0 Å². The highest BCUT2D eigenvalue weighted by Gasteiger charge is 2.01. The van der Waals surface area contributed by atoms with E-state index in [4.69, 9.17) is 11.6 Å². The summed E-state index contributed by atoms with van der Waals surface area (Å²) in [6, 6.07) is 4.57. The fraction of sp³-hybridized carbons (Fsp3) is 0.538. The van der Waals surface area contributed by atoms with Gasteiger partial charge < -0.3 is 5.32 Å². The van der Waals surface area contributed by atoms with Crippen molar-refractivity contribution in [1.29, 1.82) is 0 Å². The first-order chi connectivity index (χ1) is 7.15. The van der Waals surface area contributed by atoms with Gasteiger partial charge in [-0.2, -0.15) is 0 Å². The van der Waals surface area contributed by atoms with E-state index in [1.54, 1.807) is 0 Å². The van der Waals surface area contributed by atoms with Gasteiger partial charge in [-0.25, -0.2) is 0 Å². The summed E-state index contributed by atoms with van der Waals surface area (Å²) in [4.78, 5) is 0. The van der Waals surface area contributed by atoms with E-state index in [0.717, 1.165) is 19.5 Å². The van der Waals surface area contributed by atoms with Crippen molar-refractivity contribution in [3.8, 4) is 0 Å². The molecule has 0 fully saturated rings. The summed E-state index contributed by atoms with van der Waals surface area (Å²) in [5, 5.41) is 3.31. The summed E-state index contributed by atoms with van der Waals surface area (Å²) >= 11 is 5.60. The number of alkyl halides is 1. The van der Waals surface area contributed by atoms with E-state index >= 15 is 0 Å². The second kappa shape index (κ2) is 6.14. The van der Waals surface area contributed by atoms with Crippen molar-refractivity contribution in [1.82, 2.24) is 5.32 Å². The quantitative estimate of drug-likeness (QED) is 0.600. The molecule has 0 bridgehead atoms. The molecule has 0 aliphatic rings. The number of hydrogen-bond donors (Lipinski definition) is 1. The molecule has 1 N–H and O–H groups in total. The van der Waals surface area contributed by atoms with E-state index in [1.807, 2.05) is 0 Å². The average molecular weight is 226 g/mol. The molecule has 0 amide bonds. The largest absolute Gasteiger partial charge is 0.315 e. The summed E-state index contributed by atoms with van der Waals surface area (Å²) in [7, 11) is 0. The monoisotopic (exact) mass is 225 g/mol. The third-order valence-corrected chi connectivity index (χ3v) is 2.98. The maximum Gasteiger partial charge on any atom is 0.0348 e. The van der Waals surface area contributed by atoms with E-state index in [-0.39, 0.29) is 0 Å². The van der Waals surface area contributed by atoms with Gasteiger partial charge in [0, 0.05) is 12.4 Å². The maximum absolute atomic E-state index is 5.60. The molecule has 1 nitrogen and oxygen atoms in total. The van der Waals surface area contributed by atoms with Crippen LogP contribution in [0, 0.1) is 20.8 Å². The lowest BCUT2D eigenvalue weighted by Crippen LogP contribution is -2.19. The fourth-order valence-corrected chi connectivity index (χ4v) is 1.84. The normalized spacial score (nSPS) is 10.7. The van der Waals surface area contributed by atoms with Gasteiger partial charge in [0.2, 0.25) is 0 Å². The van der Waals surface area contributed by atoms with Crippen LogP contribution in [-0.4, -0.2) is 19.0 Å². The highest BCUT2D eigenvalue weighted by Crippen LogP contribution is 2.15. The van der Waals surface area contributed by atoms with Gasteiger partial charge in [-0.1, -0.05) is 12.1 Å². The number of benzene rings is 1. The van der Waals surface area contributed by atoms with Crippen LogP contribution in [0.1, 0.15) is 22.3 Å². The highest BCUT2D eigenvalue weighted by molar-refractivity contribution is 6.18. The molecular weight excluding hydrogens is 206 g/mol. The molecule has 1 aromatic rings. The van der Waals surface area contributed by atoms with E-state index in [2.05, 4.69) is 38.2 Å². The van der Waals surface area contributed by atoms with Gasteiger partial charge in [0.1, 0.15) is 0 Å². The second-order valence-electron chi connectivity index (χ2n) is 4.05. The maximum atomic E-state index is 5.60. The number of nitrogens with one attached hydrogen (secondary N) is 1. The minimum atomic E-state index is 0.686. The molecule has 0 saturated carbocycles. The Morgan fingerprint density at radius 1 is 1.00 bits per heavy atom. The lowest BCUT2D eigenvalue weighted by Gasteiger charge is -2.10. The van der Waals surface area contributed by atoms with Gasteiger partial charge in [0.15, 0.2) is 0 Å². The van der Waals surface area contributed by atoms with Gasteiger partial charge in [-0.3, -0.25) is 0 Å². The first kappa shape index (κ1) is 12.5. The minimum Gasteiger partial charge on any atom is -0.315 e. The van der Waals surface area contributed by atoms with E-state index < -0.39 is 0 Å². The highest BCUT2D eigenvalue weighted by atomic mass is 35.5. The zero-order valence-electron chi connectivity index (χ0n) is 9.86. The van der Waals surface area contributed by atoms with Crippen LogP contribution in [-0.2, 0) is 6.42 Å². The predicted octanol–water partition coefficient (Wildman–Crippen LogP) is 2.98. The van der Waals surface area contributed by atoms with Gasteiger partial charge in [0.05, 0.1) is 0 Å². The standard InChI is InChI=1S/C13H20ClN/c1-10-8-12(3)13(9-11(10)2)4-6-15-7-5-14/h8-9,15H,4-7H2,1-3H3. The van der Waals surface area contributed by atoms with Gasteiger partial charge in [-0.15, -0.1) is 11.6 Å². The number of hydrogen-bond acceptors (Lipinski definition) is 1. The summed E-state index contributed by atoms with van der Waals surface area (Å²) in [5.74, 6) is 0.686. The van der Waals surface area contributed by atoms with Crippen LogP contribution in [0.4, 0.5) is 0 Å². The molecule has 0 aliphatic heterocycles. The zero-order valence-corrected chi connectivity index (χ0v) is 10.6. The Hall–Kier alpha value is -0.530. The molecular formula is C13H20ClN. The Kier molecular flexibility index (Phi) is 5.13. The number of halogens is 1. The molecule has 15 heavy (non-hydrogen) atoms. The van der Waals surface area contributed by atoms with Crippen LogP contribution >= 0.6 is 11.6 Å². The molecule has 0 radical (unpaired) electrons. The van der Waals surface area contributed by atoms with Gasteiger partial charge >= 0.3 is 0 Å². The molecule has 0 heterocycles. The number of rotatable bonds is 5. The van der Waals surface area contributed by atoms with Crippen LogP contribution in [0.2, 0.25) is 0 Å². The average Bonchev–Trinajstić information content (AvgIpc) is 2.20. The lowest BCUT2D eigenvalue weighted by molar-refractivity contribution is 0.717. The third kappa shape index (κ3) is 3.84. The first-order valence-corrected chi connectivity index (χ1v) is 6.02. The summed E-state index contributed by atoms with van der Waals surface area (Å²) in [6.07, 6.45) is 1.09. The van der Waals surface area contributed by atoms with Crippen molar-refractivity contribution in [3.63, 3.8) is 0 Å². The lowest BCUT2D eigenvalue weighted by atomic mass is 9.99. The molecule has 1 rings (SSSR count). The molecule has 0 spiro atoms. The van der Waals surface area contributed by atoms with E-state index in [0.29, 0.717) is 5.88 Å². The Balaban J connectivity index is 2.57. The van der Waals surface area contributed by atoms with Crippen molar-refractivity contribution in [2.75, 3.05) is 19.0 Å². The molecule has 0 saturated heterocycles. The SMILES string of the molecule is Cc1cc(C)c(CCNCCCl)cc1C. The van der Waals surface area contributed by atoms with Crippen LogP contribution < -0.4 is 5.32 Å². The second-order valence-corrected chi connectivity index (χ2v) is 4.43. The Morgan fingerprint density at radius 3 is 2.33 bits per heavy atom. The van der Waals surface area contributed by atoms with Crippen molar-refractivity contribution >= 4 is 11.6 Å². The molecule has 84 valence electrons. The van der Waals surface area contributed by atoms with Gasteiger partial charge in [-0.05, 0) is 56.0 Å². The molecule has 2 heteroatoms. The summed E-state index contributed by atoms with van der Waals surface area (Å²) in [5.41, 5.74) is 5.60. The van der Waals surface area contributed by atoms with E-state index in [1.165, 1.54) is 22.3 Å². The van der Waals surface area contributed by atoms with Crippen molar-refractivity contribution in [3.05, 3.63) is 34.4 Å². The molecule has 0 aromatic heterocycles. The van der Waals surface area contributed by atoms with Crippen molar-refractivity contribution < 1.29 is 0 Å². The zero-order chi connectivity index (χ0) is 11.3. The topological polar surface area (TPSA) is 12.0 Å². The third-order valence-electron chi connectivity index (χ3n) is 2.79. The molecule has 1 aromatic carbocycles. The summed E-state index contributed by atoms with van der Waals surface area (Å²) < 4.78 is 0. The van der Waals surface area contributed by atoms with Crippen LogP contribution in [0.3, 0.4) is 0 Å². The Bertz CT molecular complexity index is 321. The smallest absolute Gasteiger partial charge is 0.0348 e. The Labute approximate surface area is 97.8 Å². The fourth-order valence-electron chi connectivity index (χ4n) is 1.70. The minimum absolute atomic E-state index is 0.686. The Morgan fingerprint density at radius 2 is 1.67 bits per heavy atom. The van der Waals surface area contributed by atoms with E-state index in [9.17, 15) is 0 Å². The van der Waals surface area contributed by atoms with Crippen LogP contribution in [0.5, 0.6) is 0 Å². The van der Waals surface area contributed by atoms with Crippen LogP contribution in [0.15, 0.2) is 12.1 Å². The molecule has 0 atom stereocenters.